The van der Waals surface area contributed by atoms with Crippen molar-refractivity contribution in [3.05, 3.63) is 41.7 Å². The number of ether oxygens (including phenoxy) is 1. The molecule has 1 atom stereocenters. The van der Waals surface area contributed by atoms with E-state index in [1.807, 2.05) is 25.4 Å². The molecule has 1 heterocycles. The van der Waals surface area contributed by atoms with Crippen molar-refractivity contribution in [3.63, 3.8) is 0 Å². The number of nitrogens with two attached hydrogens (primary N) is 1. The highest BCUT2D eigenvalue weighted by Crippen LogP contribution is 2.17. The molecule has 0 bridgehead atoms. The maximum Gasteiger partial charge on any atom is 0.119 e. The molecule has 1 aromatic heterocycles. The second-order valence-corrected chi connectivity index (χ2v) is 4.75. The zero-order chi connectivity index (χ0) is 13.7. The molecule has 2 aromatic rings. The van der Waals surface area contributed by atoms with Gasteiger partial charge in [-0.25, -0.2) is 0 Å². The van der Waals surface area contributed by atoms with Crippen LogP contribution in [0.1, 0.15) is 11.3 Å². The molecule has 1 aromatic carbocycles. The van der Waals surface area contributed by atoms with Gasteiger partial charge < -0.3 is 10.5 Å². The molecule has 0 amide bonds. The van der Waals surface area contributed by atoms with Crippen molar-refractivity contribution in [2.24, 2.45) is 18.7 Å². The van der Waals surface area contributed by atoms with Gasteiger partial charge in [-0.05, 0) is 43.0 Å². The van der Waals surface area contributed by atoms with E-state index in [0.717, 1.165) is 24.3 Å². The minimum Gasteiger partial charge on any atom is -0.497 e. The van der Waals surface area contributed by atoms with Crippen LogP contribution >= 0.6 is 0 Å². The zero-order valence-electron chi connectivity index (χ0n) is 11.4. The van der Waals surface area contributed by atoms with Crippen LogP contribution in [0.4, 0.5) is 0 Å². The second kappa shape index (κ2) is 6.33. The first-order valence-electron chi connectivity index (χ1n) is 6.39. The van der Waals surface area contributed by atoms with E-state index in [-0.39, 0.29) is 0 Å². The average molecular weight is 260 g/mol. The Morgan fingerprint density at radius 1 is 1.37 bits per heavy atom. The number of methoxy groups -OCH3 is 1. The van der Waals surface area contributed by atoms with E-state index in [4.69, 9.17) is 10.5 Å². The summed E-state index contributed by atoms with van der Waals surface area (Å²) in [5.74, 6) is 1.25. The molecule has 19 heavy (non-hydrogen) atoms. The van der Waals surface area contributed by atoms with E-state index in [0.29, 0.717) is 12.5 Å². The van der Waals surface area contributed by atoms with Gasteiger partial charge in [-0.2, -0.15) is 0 Å². The number of rotatable bonds is 6. The summed E-state index contributed by atoms with van der Waals surface area (Å²) in [6.45, 7) is 0.633. The van der Waals surface area contributed by atoms with Crippen LogP contribution in [0.2, 0.25) is 0 Å². The first kappa shape index (κ1) is 13.5. The average Bonchev–Trinajstić information content (AvgIpc) is 2.83. The molecule has 0 aliphatic carbocycles. The van der Waals surface area contributed by atoms with Gasteiger partial charge in [-0.3, -0.25) is 4.68 Å². The third-order valence-electron chi connectivity index (χ3n) is 3.14. The molecule has 5 nitrogen and oxygen atoms in total. The van der Waals surface area contributed by atoms with Gasteiger partial charge in [0.05, 0.1) is 12.8 Å². The molecular formula is C14H20N4O. The molecule has 0 radical (unpaired) electrons. The second-order valence-electron chi connectivity index (χ2n) is 4.75. The fraction of sp³-hybridized carbons (Fsp3) is 0.429. The fourth-order valence-electron chi connectivity index (χ4n) is 2.16. The monoisotopic (exact) mass is 260 g/mol. The van der Waals surface area contributed by atoms with Crippen molar-refractivity contribution < 1.29 is 4.74 Å². The number of aromatic nitrogens is 3. The standard InChI is InChI=1S/C14H20N4O/c1-18-10-13(16-17-18)7-12(9-15)6-11-4-3-5-14(8-11)19-2/h3-5,8,10,12H,6-7,9,15H2,1-2H3. The predicted octanol–water partition coefficient (Wildman–Crippen LogP) is 1.18. The first-order chi connectivity index (χ1) is 9.21. The molecule has 5 heteroatoms. The first-order valence-corrected chi connectivity index (χ1v) is 6.39. The summed E-state index contributed by atoms with van der Waals surface area (Å²) in [6, 6.07) is 8.11. The van der Waals surface area contributed by atoms with Crippen molar-refractivity contribution in [1.29, 1.82) is 0 Å². The zero-order valence-corrected chi connectivity index (χ0v) is 11.4. The van der Waals surface area contributed by atoms with E-state index in [9.17, 15) is 0 Å². The van der Waals surface area contributed by atoms with Gasteiger partial charge >= 0.3 is 0 Å². The van der Waals surface area contributed by atoms with Crippen LogP contribution in [0.5, 0.6) is 5.75 Å². The van der Waals surface area contributed by atoms with E-state index in [1.165, 1.54) is 5.56 Å². The lowest BCUT2D eigenvalue weighted by atomic mass is 9.95. The van der Waals surface area contributed by atoms with Crippen molar-refractivity contribution in [2.75, 3.05) is 13.7 Å². The molecule has 0 saturated carbocycles. The molecule has 0 saturated heterocycles. The van der Waals surface area contributed by atoms with Crippen LogP contribution in [0, 0.1) is 5.92 Å². The largest absolute Gasteiger partial charge is 0.497 e. The Kier molecular flexibility index (Phi) is 4.52. The van der Waals surface area contributed by atoms with Crippen LogP contribution < -0.4 is 10.5 Å². The van der Waals surface area contributed by atoms with Gasteiger partial charge in [0.25, 0.3) is 0 Å². The Hall–Kier alpha value is -1.88. The Morgan fingerprint density at radius 2 is 2.21 bits per heavy atom. The van der Waals surface area contributed by atoms with Crippen molar-refractivity contribution in [3.8, 4) is 5.75 Å². The van der Waals surface area contributed by atoms with Gasteiger partial charge in [-0.1, -0.05) is 17.3 Å². The number of nitrogens with zero attached hydrogens (tertiary/aromatic N) is 3. The predicted molar refractivity (Wildman–Crippen MR) is 73.9 cm³/mol. The van der Waals surface area contributed by atoms with Crippen molar-refractivity contribution >= 4 is 0 Å². The highest BCUT2D eigenvalue weighted by atomic mass is 16.5. The lowest BCUT2D eigenvalue weighted by Crippen LogP contribution is -2.19. The molecule has 2 N–H and O–H groups in total. The lowest BCUT2D eigenvalue weighted by Gasteiger charge is -2.13. The summed E-state index contributed by atoms with van der Waals surface area (Å²) in [5, 5.41) is 8.06. The minimum atomic E-state index is 0.365. The molecule has 0 spiro atoms. The van der Waals surface area contributed by atoms with Gasteiger partial charge in [0, 0.05) is 13.2 Å². The topological polar surface area (TPSA) is 66.0 Å². The number of hydrogen-bond donors (Lipinski definition) is 1. The van der Waals surface area contributed by atoms with Crippen LogP contribution in [-0.2, 0) is 19.9 Å². The molecular weight excluding hydrogens is 240 g/mol. The van der Waals surface area contributed by atoms with Gasteiger partial charge in [-0.15, -0.1) is 5.10 Å². The SMILES string of the molecule is COc1cccc(CC(CN)Cc2cn(C)nn2)c1. The highest BCUT2D eigenvalue weighted by Gasteiger charge is 2.11. The number of hydrogen-bond acceptors (Lipinski definition) is 4. The molecule has 2 rings (SSSR count). The molecule has 0 aliphatic heterocycles. The summed E-state index contributed by atoms with van der Waals surface area (Å²) in [6.07, 6.45) is 3.71. The Labute approximate surface area is 113 Å². The number of aryl methyl sites for hydroxylation is 1. The quantitative estimate of drug-likeness (QED) is 0.847. The smallest absolute Gasteiger partial charge is 0.119 e. The maximum absolute atomic E-state index is 5.86. The van der Waals surface area contributed by atoms with Gasteiger partial charge in [0.15, 0.2) is 0 Å². The summed E-state index contributed by atoms with van der Waals surface area (Å²) >= 11 is 0. The molecule has 0 fully saturated rings. The summed E-state index contributed by atoms with van der Waals surface area (Å²) < 4.78 is 6.95. The van der Waals surface area contributed by atoms with Crippen molar-refractivity contribution in [1.82, 2.24) is 15.0 Å². The van der Waals surface area contributed by atoms with Gasteiger partial charge in [0.1, 0.15) is 5.75 Å². The molecule has 0 aliphatic rings. The highest BCUT2D eigenvalue weighted by molar-refractivity contribution is 5.28. The molecule has 1 unspecified atom stereocenters. The van der Waals surface area contributed by atoms with E-state index in [1.54, 1.807) is 11.8 Å². The van der Waals surface area contributed by atoms with Crippen molar-refractivity contribution in [2.45, 2.75) is 12.8 Å². The lowest BCUT2D eigenvalue weighted by molar-refractivity contribution is 0.413. The maximum atomic E-state index is 5.86. The normalized spacial score (nSPS) is 12.4. The fourth-order valence-corrected chi connectivity index (χ4v) is 2.16. The van der Waals surface area contributed by atoms with E-state index >= 15 is 0 Å². The van der Waals surface area contributed by atoms with Gasteiger partial charge in [0.2, 0.25) is 0 Å². The Morgan fingerprint density at radius 3 is 2.84 bits per heavy atom. The Bertz CT molecular complexity index is 524. The minimum absolute atomic E-state index is 0.365. The van der Waals surface area contributed by atoms with Crippen LogP contribution in [0.25, 0.3) is 0 Å². The number of benzene rings is 1. The third-order valence-corrected chi connectivity index (χ3v) is 3.14. The van der Waals surface area contributed by atoms with Crippen LogP contribution in [0.15, 0.2) is 30.5 Å². The third kappa shape index (κ3) is 3.79. The Balaban J connectivity index is 2.01. The molecule has 102 valence electrons. The summed E-state index contributed by atoms with van der Waals surface area (Å²) in [4.78, 5) is 0. The van der Waals surface area contributed by atoms with Crippen LogP contribution in [0.3, 0.4) is 0 Å². The van der Waals surface area contributed by atoms with E-state index < -0.39 is 0 Å². The summed E-state index contributed by atoms with van der Waals surface area (Å²) in [5.41, 5.74) is 8.08. The van der Waals surface area contributed by atoms with Crippen LogP contribution in [-0.4, -0.2) is 28.6 Å². The summed E-state index contributed by atoms with van der Waals surface area (Å²) in [7, 11) is 3.55. The van der Waals surface area contributed by atoms with E-state index in [2.05, 4.69) is 22.4 Å².